The average Bonchev–Trinajstić information content (AvgIpc) is 2.52. The Bertz CT molecular complexity index is 472. The average molecular weight is 306 g/mol. The van der Waals surface area contributed by atoms with Crippen LogP contribution in [-0.2, 0) is 4.79 Å². The number of benzene rings is 1. The van der Waals surface area contributed by atoms with Gasteiger partial charge in [-0.3, -0.25) is 4.79 Å². The normalized spacial score (nSPS) is 9.90. The number of nitrogens with one attached hydrogen (secondary N) is 1. The molecular weight excluding hydrogens is 284 g/mol. The van der Waals surface area contributed by atoms with Gasteiger partial charge in [-0.25, -0.2) is 0 Å². The summed E-state index contributed by atoms with van der Waals surface area (Å²) in [6.07, 6.45) is 6.70. The zero-order valence-corrected chi connectivity index (χ0v) is 13.2. The third kappa shape index (κ3) is 7.62. The topological polar surface area (TPSA) is 62.1 Å². The molecule has 0 bridgehead atoms. The molecule has 1 aromatic carbocycles. The summed E-state index contributed by atoms with van der Waals surface area (Å²) in [5.74, 6) is 1.51. The van der Waals surface area contributed by atoms with E-state index in [0.717, 1.165) is 12.8 Å². The molecule has 0 spiro atoms. The Labute approximate surface area is 130 Å². The van der Waals surface area contributed by atoms with Gasteiger partial charge in [0.1, 0.15) is 11.8 Å². The van der Waals surface area contributed by atoms with Gasteiger partial charge in [0.25, 0.3) is 5.91 Å². The van der Waals surface area contributed by atoms with Crippen LogP contribution in [-0.4, -0.2) is 31.1 Å². The second kappa shape index (κ2) is 11.0. The second-order valence-corrected chi connectivity index (χ2v) is 5.64. The van der Waals surface area contributed by atoms with Gasteiger partial charge in [-0.1, -0.05) is 25.0 Å². The van der Waals surface area contributed by atoms with Crippen LogP contribution in [0.1, 0.15) is 31.2 Å². The van der Waals surface area contributed by atoms with Crippen LogP contribution in [0, 0.1) is 11.3 Å². The molecule has 5 heteroatoms. The summed E-state index contributed by atoms with van der Waals surface area (Å²) >= 11 is 1.87. The first-order valence-electron chi connectivity index (χ1n) is 7.15. The summed E-state index contributed by atoms with van der Waals surface area (Å²) in [6.45, 7) is 0.631. The number of ether oxygens (including phenoxy) is 1. The molecule has 0 radical (unpaired) electrons. The molecule has 0 aliphatic carbocycles. The Hall–Kier alpha value is -1.67. The summed E-state index contributed by atoms with van der Waals surface area (Å²) in [5.41, 5.74) is 0.444. The van der Waals surface area contributed by atoms with E-state index in [2.05, 4.69) is 11.6 Å². The Balaban J connectivity index is 2.13. The number of para-hydroxylation sites is 1. The summed E-state index contributed by atoms with van der Waals surface area (Å²) in [6, 6.07) is 8.94. The predicted molar refractivity (Wildman–Crippen MR) is 86.5 cm³/mol. The molecule has 0 heterocycles. The van der Waals surface area contributed by atoms with E-state index in [0.29, 0.717) is 17.9 Å². The van der Waals surface area contributed by atoms with Crippen molar-refractivity contribution in [3.05, 3.63) is 29.8 Å². The Kier molecular flexibility index (Phi) is 9.14. The summed E-state index contributed by atoms with van der Waals surface area (Å²) in [5, 5.41) is 11.7. The zero-order chi connectivity index (χ0) is 15.3. The summed E-state index contributed by atoms with van der Waals surface area (Å²) in [7, 11) is 0. The lowest BCUT2D eigenvalue weighted by molar-refractivity contribution is -0.123. The largest absolute Gasteiger partial charge is 0.482 e. The third-order valence-corrected chi connectivity index (χ3v) is 3.66. The lowest BCUT2D eigenvalue weighted by Gasteiger charge is -2.08. The lowest BCUT2D eigenvalue weighted by atomic mass is 10.2. The fourth-order valence-electron chi connectivity index (χ4n) is 1.83. The van der Waals surface area contributed by atoms with E-state index in [1.165, 1.54) is 18.6 Å². The van der Waals surface area contributed by atoms with Crippen LogP contribution in [0.15, 0.2) is 24.3 Å². The molecule has 0 aromatic heterocycles. The summed E-state index contributed by atoms with van der Waals surface area (Å²) < 4.78 is 5.36. The first-order chi connectivity index (χ1) is 10.3. The molecule has 0 unspecified atom stereocenters. The molecule has 1 rings (SSSR count). The molecule has 0 aliphatic rings. The first kappa shape index (κ1) is 17.4. The van der Waals surface area contributed by atoms with Gasteiger partial charge in [0, 0.05) is 6.54 Å². The molecule has 1 aromatic rings. The Morgan fingerprint density at radius 3 is 2.81 bits per heavy atom. The second-order valence-electron chi connectivity index (χ2n) is 4.65. The van der Waals surface area contributed by atoms with E-state index in [-0.39, 0.29) is 12.5 Å². The maximum Gasteiger partial charge on any atom is 0.257 e. The number of unbranched alkanes of at least 4 members (excludes halogenated alkanes) is 3. The molecule has 1 N–H and O–H groups in total. The SMILES string of the molecule is CSCCCCCCNC(=O)COc1ccccc1C#N. The van der Waals surface area contributed by atoms with Crippen LogP contribution in [0.5, 0.6) is 5.75 Å². The molecule has 1 amide bonds. The zero-order valence-electron chi connectivity index (χ0n) is 12.4. The van der Waals surface area contributed by atoms with Crippen LogP contribution in [0.2, 0.25) is 0 Å². The van der Waals surface area contributed by atoms with Gasteiger partial charge in [-0.15, -0.1) is 0 Å². The van der Waals surface area contributed by atoms with E-state index in [1.807, 2.05) is 17.8 Å². The van der Waals surface area contributed by atoms with Crippen molar-refractivity contribution in [1.29, 1.82) is 5.26 Å². The number of rotatable bonds is 10. The van der Waals surface area contributed by atoms with Gasteiger partial charge in [-0.05, 0) is 37.0 Å². The Morgan fingerprint density at radius 1 is 1.29 bits per heavy atom. The van der Waals surface area contributed by atoms with Gasteiger partial charge < -0.3 is 10.1 Å². The molecule has 0 saturated heterocycles. The molecule has 114 valence electrons. The van der Waals surface area contributed by atoms with Gasteiger partial charge in [0.2, 0.25) is 0 Å². The standard InChI is InChI=1S/C16H22N2O2S/c1-21-11-7-3-2-6-10-18-16(19)13-20-15-9-5-4-8-14(15)12-17/h4-5,8-9H,2-3,6-7,10-11,13H2,1H3,(H,18,19). The number of amides is 1. The van der Waals surface area contributed by atoms with Crippen molar-refractivity contribution in [2.75, 3.05) is 25.2 Å². The highest BCUT2D eigenvalue weighted by Gasteiger charge is 2.05. The van der Waals surface area contributed by atoms with E-state index >= 15 is 0 Å². The highest BCUT2D eigenvalue weighted by molar-refractivity contribution is 7.98. The number of nitriles is 1. The van der Waals surface area contributed by atoms with Crippen molar-refractivity contribution in [3.63, 3.8) is 0 Å². The van der Waals surface area contributed by atoms with Gasteiger partial charge in [0.15, 0.2) is 6.61 Å². The smallest absolute Gasteiger partial charge is 0.257 e. The lowest BCUT2D eigenvalue weighted by Crippen LogP contribution is -2.29. The number of carbonyl (C=O) groups is 1. The quantitative estimate of drug-likeness (QED) is 0.675. The minimum absolute atomic E-state index is 0.0504. The fraction of sp³-hybridized carbons (Fsp3) is 0.500. The molecule has 0 atom stereocenters. The number of hydrogen-bond donors (Lipinski definition) is 1. The minimum Gasteiger partial charge on any atom is -0.482 e. The van der Waals surface area contributed by atoms with Crippen molar-refractivity contribution < 1.29 is 9.53 Å². The van der Waals surface area contributed by atoms with E-state index in [4.69, 9.17) is 10.00 Å². The van der Waals surface area contributed by atoms with Crippen molar-refractivity contribution in [1.82, 2.24) is 5.32 Å². The molecule has 0 fully saturated rings. The number of thioether (sulfide) groups is 1. The maximum atomic E-state index is 11.6. The molecule has 0 saturated carbocycles. The van der Waals surface area contributed by atoms with Crippen LogP contribution in [0.25, 0.3) is 0 Å². The van der Waals surface area contributed by atoms with Crippen molar-refractivity contribution in [3.8, 4) is 11.8 Å². The van der Waals surface area contributed by atoms with E-state index < -0.39 is 0 Å². The predicted octanol–water partition coefficient (Wildman–Crippen LogP) is 2.98. The number of carbonyl (C=O) groups excluding carboxylic acids is 1. The van der Waals surface area contributed by atoms with E-state index in [9.17, 15) is 4.79 Å². The fourth-order valence-corrected chi connectivity index (χ4v) is 2.32. The van der Waals surface area contributed by atoms with Crippen LogP contribution >= 0.6 is 11.8 Å². The first-order valence-corrected chi connectivity index (χ1v) is 8.55. The van der Waals surface area contributed by atoms with E-state index in [1.54, 1.807) is 24.3 Å². The highest BCUT2D eigenvalue weighted by atomic mass is 32.2. The van der Waals surface area contributed by atoms with Crippen molar-refractivity contribution in [2.24, 2.45) is 0 Å². The summed E-state index contributed by atoms with van der Waals surface area (Å²) in [4.78, 5) is 11.6. The number of nitrogens with zero attached hydrogens (tertiary/aromatic N) is 1. The maximum absolute atomic E-state index is 11.6. The minimum atomic E-state index is -0.146. The third-order valence-electron chi connectivity index (χ3n) is 2.96. The Morgan fingerprint density at radius 2 is 2.05 bits per heavy atom. The van der Waals surface area contributed by atoms with Gasteiger partial charge in [0.05, 0.1) is 5.56 Å². The molecule has 21 heavy (non-hydrogen) atoms. The van der Waals surface area contributed by atoms with Crippen molar-refractivity contribution in [2.45, 2.75) is 25.7 Å². The molecule has 4 nitrogen and oxygen atoms in total. The van der Waals surface area contributed by atoms with Gasteiger partial charge in [-0.2, -0.15) is 17.0 Å². The monoisotopic (exact) mass is 306 g/mol. The molecule has 0 aliphatic heterocycles. The number of hydrogen-bond acceptors (Lipinski definition) is 4. The van der Waals surface area contributed by atoms with Crippen LogP contribution in [0.4, 0.5) is 0 Å². The van der Waals surface area contributed by atoms with Crippen molar-refractivity contribution >= 4 is 17.7 Å². The van der Waals surface area contributed by atoms with Crippen LogP contribution in [0.3, 0.4) is 0 Å². The molecular formula is C16H22N2O2S. The highest BCUT2D eigenvalue weighted by Crippen LogP contribution is 2.16. The van der Waals surface area contributed by atoms with Gasteiger partial charge >= 0.3 is 0 Å². The van der Waals surface area contributed by atoms with Crippen LogP contribution < -0.4 is 10.1 Å².